The molecule has 0 aliphatic rings. The topological polar surface area (TPSA) is 9.23 Å². The van der Waals surface area contributed by atoms with Gasteiger partial charge in [-0.05, 0) is 26.0 Å². The maximum absolute atomic E-state index is 5.71. The maximum Gasteiger partial charge on any atom is 0.134 e. The fourth-order valence-electron chi connectivity index (χ4n) is 0.993. The van der Waals surface area contributed by atoms with E-state index in [1.165, 1.54) is 4.90 Å². The van der Waals surface area contributed by atoms with Crippen molar-refractivity contribution in [1.82, 2.24) is 0 Å². The Labute approximate surface area is 94.0 Å². The van der Waals surface area contributed by atoms with E-state index in [1.807, 2.05) is 29.0 Å². The van der Waals surface area contributed by atoms with Crippen LogP contribution in [0.5, 0.6) is 5.75 Å². The van der Waals surface area contributed by atoms with Gasteiger partial charge in [0, 0.05) is 5.75 Å². The number of benzene rings is 1. The van der Waals surface area contributed by atoms with Gasteiger partial charge in [-0.15, -0.1) is 0 Å². The lowest BCUT2D eigenvalue weighted by molar-refractivity contribution is 0.236. The number of para-hydroxylation sites is 1. The summed E-state index contributed by atoms with van der Waals surface area (Å²) in [7, 11) is 3.62. The van der Waals surface area contributed by atoms with E-state index in [4.69, 9.17) is 4.74 Å². The van der Waals surface area contributed by atoms with E-state index in [1.54, 1.807) is 10.8 Å². The van der Waals surface area contributed by atoms with E-state index in [0.29, 0.717) is 0 Å². The Morgan fingerprint density at radius 3 is 2.64 bits per heavy atom. The average Bonchev–Trinajstić information content (AvgIpc) is 2.16. The van der Waals surface area contributed by atoms with E-state index in [0.717, 1.165) is 11.5 Å². The highest BCUT2D eigenvalue weighted by Crippen LogP contribution is 2.37. The van der Waals surface area contributed by atoms with Crippen LogP contribution < -0.4 is 4.74 Å². The van der Waals surface area contributed by atoms with Crippen molar-refractivity contribution in [3.63, 3.8) is 0 Å². The van der Waals surface area contributed by atoms with Crippen LogP contribution in [0.25, 0.3) is 0 Å². The molecule has 0 fully saturated rings. The van der Waals surface area contributed by atoms with Gasteiger partial charge in [0.2, 0.25) is 0 Å². The van der Waals surface area contributed by atoms with E-state index < -0.39 is 0 Å². The monoisotopic (exact) mass is 228 g/mol. The first-order valence-corrected chi connectivity index (χ1v) is 7.11. The molecule has 14 heavy (non-hydrogen) atoms. The molecule has 0 bridgehead atoms. The molecule has 1 aromatic carbocycles. The van der Waals surface area contributed by atoms with Gasteiger partial charge in [-0.1, -0.05) is 40.6 Å². The first-order chi connectivity index (χ1) is 6.74. The molecule has 1 aromatic rings. The van der Waals surface area contributed by atoms with Crippen LogP contribution in [0.3, 0.4) is 0 Å². The summed E-state index contributed by atoms with van der Waals surface area (Å²) in [6.07, 6.45) is 0.239. The standard InChI is InChI=1S/C11H16OS2/c1-4-13-14-11-8-6-5-7-10(11)12-9(2)3/h5-9H,4H2,1-3H3. The van der Waals surface area contributed by atoms with Crippen molar-refractivity contribution < 1.29 is 4.74 Å². The molecule has 78 valence electrons. The average molecular weight is 228 g/mol. The molecule has 0 N–H and O–H groups in total. The molecule has 0 aliphatic heterocycles. The van der Waals surface area contributed by atoms with E-state index in [-0.39, 0.29) is 6.10 Å². The van der Waals surface area contributed by atoms with Gasteiger partial charge in [-0.25, -0.2) is 0 Å². The molecule has 0 unspecified atom stereocenters. The Hall–Kier alpha value is -0.280. The second-order valence-electron chi connectivity index (χ2n) is 3.10. The van der Waals surface area contributed by atoms with Crippen LogP contribution >= 0.6 is 21.6 Å². The van der Waals surface area contributed by atoms with Gasteiger partial charge in [0.1, 0.15) is 5.75 Å². The summed E-state index contributed by atoms with van der Waals surface area (Å²) in [4.78, 5) is 1.22. The van der Waals surface area contributed by atoms with Crippen LogP contribution in [0.2, 0.25) is 0 Å². The van der Waals surface area contributed by atoms with Gasteiger partial charge >= 0.3 is 0 Å². The van der Waals surface area contributed by atoms with Crippen LogP contribution in [0, 0.1) is 0 Å². The molecular formula is C11H16OS2. The molecule has 0 spiro atoms. The number of rotatable bonds is 5. The van der Waals surface area contributed by atoms with Gasteiger partial charge in [0.05, 0.1) is 11.0 Å². The lowest BCUT2D eigenvalue weighted by Crippen LogP contribution is -2.05. The van der Waals surface area contributed by atoms with Crippen molar-refractivity contribution in [3.05, 3.63) is 24.3 Å². The fourth-order valence-corrected chi connectivity index (χ4v) is 2.72. The number of ether oxygens (including phenoxy) is 1. The predicted molar refractivity (Wildman–Crippen MR) is 66.2 cm³/mol. The van der Waals surface area contributed by atoms with Crippen LogP contribution in [0.15, 0.2) is 29.2 Å². The molecule has 0 saturated heterocycles. The molecule has 1 nitrogen and oxygen atoms in total. The second-order valence-corrected chi connectivity index (χ2v) is 5.73. The Morgan fingerprint density at radius 2 is 2.00 bits per heavy atom. The molecule has 0 aromatic heterocycles. The summed E-state index contributed by atoms with van der Waals surface area (Å²) in [6, 6.07) is 8.19. The summed E-state index contributed by atoms with van der Waals surface area (Å²) in [5, 5.41) is 0. The fraction of sp³-hybridized carbons (Fsp3) is 0.455. The molecular weight excluding hydrogens is 212 g/mol. The van der Waals surface area contributed by atoms with Crippen molar-refractivity contribution >= 4 is 21.6 Å². The Kier molecular flexibility index (Phi) is 5.26. The minimum atomic E-state index is 0.239. The second kappa shape index (κ2) is 6.25. The van der Waals surface area contributed by atoms with Crippen molar-refractivity contribution in [3.8, 4) is 5.75 Å². The van der Waals surface area contributed by atoms with E-state index >= 15 is 0 Å². The van der Waals surface area contributed by atoms with Crippen molar-refractivity contribution in [2.24, 2.45) is 0 Å². The van der Waals surface area contributed by atoms with E-state index in [2.05, 4.69) is 26.8 Å². The van der Waals surface area contributed by atoms with Crippen LogP contribution in [-0.4, -0.2) is 11.9 Å². The summed E-state index contributed by atoms with van der Waals surface area (Å²) < 4.78 is 5.71. The SMILES string of the molecule is CCSSc1ccccc1OC(C)C. The Bertz CT molecular complexity index is 274. The Morgan fingerprint density at radius 1 is 1.29 bits per heavy atom. The van der Waals surface area contributed by atoms with Gasteiger partial charge in [-0.2, -0.15) is 0 Å². The molecule has 0 aliphatic carbocycles. The molecule has 0 atom stereocenters. The highest BCUT2D eigenvalue weighted by atomic mass is 33.1. The van der Waals surface area contributed by atoms with Gasteiger partial charge in [-0.3, -0.25) is 0 Å². The van der Waals surface area contributed by atoms with Crippen molar-refractivity contribution in [1.29, 1.82) is 0 Å². The van der Waals surface area contributed by atoms with Crippen LogP contribution in [-0.2, 0) is 0 Å². The third-order valence-electron chi connectivity index (χ3n) is 1.48. The minimum absolute atomic E-state index is 0.239. The van der Waals surface area contributed by atoms with Crippen LogP contribution in [0.4, 0.5) is 0 Å². The third kappa shape index (κ3) is 3.84. The predicted octanol–water partition coefficient (Wildman–Crippen LogP) is 4.23. The molecule has 0 heterocycles. The molecule has 1 rings (SSSR count). The lowest BCUT2D eigenvalue weighted by atomic mass is 10.3. The summed E-state index contributed by atoms with van der Waals surface area (Å²) in [6.45, 7) is 6.26. The van der Waals surface area contributed by atoms with E-state index in [9.17, 15) is 0 Å². The zero-order chi connectivity index (χ0) is 10.4. The van der Waals surface area contributed by atoms with Crippen molar-refractivity contribution in [2.45, 2.75) is 31.8 Å². The summed E-state index contributed by atoms with van der Waals surface area (Å²) in [5.41, 5.74) is 0. The first kappa shape index (κ1) is 11.8. The zero-order valence-electron chi connectivity index (χ0n) is 8.82. The Balaban J connectivity index is 2.69. The minimum Gasteiger partial charge on any atom is -0.490 e. The first-order valence-electron chi connectivity index (χ1n) is 4.79. The molecule has 0 radical (unpaired) electrons. The smallest absolute Gasteiger partial charge is 0.134 e. The highest BCUT2D eigenvalue weighted by Gasteiger charge is 2.04. The third-order valence-corrected chi connectivity index (χ3v) is 3.95. The van der Waals surface area contributed by atoms with Gasteiger partial charge in [0.25, 0.3) is 0 Å². The van der Waals surface area contributed by atoms with Gasteiger partial charge < -0.3 is 4.74 Å². The molecule has 3 heteroatoms. The molecule has 0 amide bonds. The summed E-state index contributed by atoms with van der Waals surface area (Å²) in [5.74, 6) is 2.11. The van der Waals surface area contributed by atoms with Crippen molar-refractivity contribution in [2.75, 3.05) is 5.75 Å². The largest absolute Gasteiger partial charge is 0.490 e. The molecule has 0 saturated carbocycles. The summed E-state index contributed by atoms with van der Waals surface area (Å²) >= 11 is 0. The lowest BCUT2D eigenvalue weighted by Gasteiger charge is -2.12. The normalized spacial score (nSPS) is 10.6. The van der Waals surface area contributed by atoms with Crippen LogP contribution in [0.1, 0.15) is 20.8 Å². The highest BCUT2D eigenvalue weighted by molar-refractivity contribution is 8.76. The van der Waals surface area contributed by atoms with Gasteiger partial charge in [0.15, 0.2) is 0 Å². The number of hydrogen-bond acceptors (Lipinski definition) is 3. The quantitative estimate of drug-likeness (QED) is 0.698. The zero-order valence-corrected chi connectivity index (χ0v) is 10.5. The number of hydrogen-bond donors (Lipinski definition) is 0. The maximum atomic E-state index is 5.71.